The number of nitrogens with one attached hydrogen (secondary N) is 1. The molecule has 1 aliphatic rings. The topological polar surface area (TPSA) is 12.0 Å². The highest BCUT2D eigenvalue weighted by molar-refractivity contribution is 9.10. The van der Waals surface area contributed by atoms with Gasteiger partial charge in [0.25, 0.3) is 0 Å². The second kappa shape index (κ2) is 5.66. The Morgan fingerprint density at radius 1 is 1.29 bits per heavy atom. The maximum Gasteiger partial charge on any atom is 0.0377 e. The van der Waals surface area contributed by atoms with E-state index >= 15 is 0 Å². The van der Waals surface area contributed by atoms with E-state index < -0.39 is 0 Å². The van der Waals surface area contributed by atoms with E-state index in [2.05, 4.69) is 65.9 Å². The average molecular weight is 314 g/mol. The van der Waals surface area contributed by atoms with Gasteiger partial charge in [0.2, 0.25) is 0 Å². The minimum absolute atomic E-state index is 0.619. The molecule has 0 aliphatic carbocycles. The van der Waals surface area contributed by atoms with E-state index in [9.17, 15) is 0 Å². The number of hydrogen-bond acceptors (Lipinski definition) is 2. The third-order valence-electron chi connectivity index (χ3n) is 3.40. The van der Waals surface area contributed by atoms with Crippen LogP contribution in [0, 0.1) is 13.8 Å². The fraction of sp³-hybridized carbons (Fsp3) is 0.571. The van der Waals surface area contributed by atoms with Crippen LogP contribution >= 0.6 is 27.7 Å². The van der Waals surface area contributed by atoms with Crippen molar-refractivity contribution in [3.63, 3.8) is 0 Å². The van der Waals surface area contributed by atoms with Gasteiger partial charge in [0.15, 0.2) is 0 Å². The summed E-state index contributed by atoms with van der Waals surface area (Å²) in [7, 11) is 0. The van der Waals surface area contributed by atoms with Gasteiger partial charge >= 0.3 is 0 Å². The summed E-state index contributed by atoms with van der Waals surface area (Å²) < 4.78 is 1.23. The normalized spacial score (nSPS) is 24.7. The summed E-state index contributed by atoms with van der Waals surface area (Å²) in [6.45, 7) is 6.64. The van der Waals surface area contributed by atoms with Crippen molar-refractivity contribution in [1.82, 2.24) is 0 Å². The molecule has 1 N–H and O–H groups in total. The molecule has 2 unspecified atom stereocenters. The number of anilines is 1. The van der Waals surface area contributed by atoms with Crippen LogP contribution in [0.4, 0.5) is 5.69 Å². The largest absolute Gasteiger partial charge is 0.381 e. The monoisotopic (exact) mass is 313 g/mol. The lowest BCUT2D eigenvalue weighted by molar-refractivity contribution is 0.617. The van der Waals surface area contributed by atoms with Gasteiger partial charge in [-0.2, -0.15) is 11.8 Å². The van der Waals surface area contributed by atoms with Crippen molar-refractivity contribution in [2.75, 3.05) is 11.1 Å². The van der Waals surface area contributed by atoms with Crippen molar-refractivity contribution in [2.24, 2.45) is 0 Å². The van der Waals surface area contributed by atoms with Crippen LogP contribution in [0.2, 0.25) is 0 Å². The number of thioether (sulfide) groups is 1. The molecule has 1 aromatic carbocycles. The van der Waals surface area contributed by atoms with E-state index in [4.69, 9.17) is 0 Å². The van der Waals surface area contributed by atoms with Crippen LogP contribution in [-0.4, -0.2) is 17.0 Å². The molecule has 2 atom stereocenters. The first kappa shape index (κ1) is 13.3. The second-order valence-corrected chi connectivity index (χ2v) is 7.17. The number of rotatable bonds is 2. The number of aryl methyl sites for hydroxylation is 2. The highest BCUT2D eigenvalue weighted by Gasteiger charge is 2.21. The Balaban J connectivity index is 2.12. The van der Waals surface area contributed by atoms with Crippen LogP contribution in [0.3, 0.4) is 0 Å². The van der Waals surface area contributed by atoms with Crippen molar-refractivity contribution in [1.29, 1.82) is 0 Å². The van der Waals surface area contributed by atoms with Crippen molar-refractivity contribution < 1.29 is 0 Å². The Labute approximate surface area is 117 Å². The zero-order valence-electron chi connectivity index (χ0n) is 10.7. The molecule has 1 heterocycles. The Bertz CT molecular complexity index is 382. The van der Waals surface area contributed by atoms with Gasteiger partial charge in [-0.25, -0.2) is 0 Å². The predicted molar refractivity (Wildman–Crippen MR) is 82.2 cm³/mol. The standard InChI is InChI=1S/C14H20BrNS/c1-9-7-12(8-10(2)14(9)15)16-13-5-4-6-17-11(13)3/h7-8,11,13,16H,4-6H2,1-3H3. The molecule has 1 aliphatic heterocycles. The minimum Gasteiger partial charge on any atom is -0.381 e. The van der Waals surface area contributed by atoms with Crippen molar-refractivity contribution >= 4 is 33.4 Å². The lowest BCUT2D eigenvalue weighted by Crippen LogP contribution is -2.32. The van der Waals surface area contributed by atoms with Crippen molar-refractivity contribution in [3.8, 4) is 0 Å². The Morgan fingerprint density at radius 3 is 2.53 bits per heavy atom. The van der Waals surface area contributed by atoms with E-state index in [0.717, 1.165) is 0 Å². The molecule has 1 fully saturated rings. The zero-order chi connectivity index (χ0) is 12.4. The lowest BCUT2D eigenvalue weighted by atomic mass is 10.1. The molecule has 3 heteroatoms. The Morgan fingerprint density at radius 2 is 1.94 bits per heavy atom. The quantitative estimate of drug-likeness (QED) is 0.844. The molecule has 0 spiro atoms. The van der Waals surface area contributed by atoms with Gasteiger partial charge in [-0.3, -0.25) is 0 Å². The van der Waals surface area contributed by atoms with Gasteiger partial charge < -0.3 is 5.32 Å². The molecule has 0 saturated carbocycles. The van der Waals surface area contributed by atoms with Gasteiger partial charge in [0.1, 0.15) is 0 Å². The molecular formula is C14H20BrNS. The summed E-state index contributed by atoms with van der Waals surface area (Å²) in [5.41, 5.74) is 3.88. The van der Waals surface area contributed by atoms with Crippen LogP contribution in [0.15, 0.2) is 16.6 Å². The van der Waals surface area contributed by atoms with E-state index in [1.807, 2.05) is 0 Å². The van der Waals surface area contributed by atoms with E-state index in [1.54, 1.807) is 0 Å². The minimum atomic E-state index is 0.619. The molecule has 1 nitrogen and oxygen atoms in total. The highest BCUT2D eigenvalue weighted by Crippen LogP contribution is 2.30. The van der Waals surface area contributed by atoms with Crippen LogP contribution in [0.1, 0.15) is 30.9 Å². The SMILES string of the molecule is Cc1cc(NC2CCCSC2C)cc(C)c1Br. The fourth-order valence-corrected chi connectivity index (χ4v) is 3.73. The Kier molecular flexibility index (Phi) is 4.42. The first-order valence-corrected chi connectivity index (χ1v) is 8.07. The van der Waals surface area contributed by atoms with Crippen LogP contribution in [0.5, 0.6) is 0 Å². The molecule has 17 heavy (non-hydrogen) atoms. The van der Waals surface area contributed by atoms with Gasteiger partial charge in [0, 0.05) is 21.5 Å². The Hall–Kier alpha value is -0.150. The highest BCUT2D eigenvalue weighted by atomic mass is 79.9. The molecule has 1 aromatic rings. The summed E-state index contributed by atoms with van der Waals surface area (Å²) >= 11 is 5.70. The smallest absolute Gasteiger partial charge is 0.0377 e. The van der Waals surface area contributed by atoms with Crippen LogP contribution in [-0.2, 0) is 0 Å². The first-order valence-electron chi connectivity index (χ1n) is 6.23. The number of hydrogen-bond donors (Lipinski definition) is 1. The summed E-state index contributed by atoms with van der Waals surface area (Å²) in [6, 6.07) is 5.10. The first-order chi connectivity index (χ1) is 8.08. The van der Waals surface area contributed by atoms with Crippen molar-refractivity contribution in [3.05, 3.63) is 27.7 Å². The third kappa shape index (κ3) is 3.19. The molecule has 2 rings (SSSR count). The fourth-order valence-electron chi connectivity index (χ4n) is 2.36. The second-order valence-electron chi connectivity index (χ2n) is 4.89. The van der Waals surface area contributed by atoms with Crippen LogP contribution < -0.4 is 5.32 Å². The van der Waals surface area contributed by atoms with E-state index in [0.29, 0.717) is 11.3 Å². The average Bonchev–Trinajstić information content (AvgIpc) is 2.29. The maximum absolute atomic E-state index is 3.70. The summed E-state index contributed by atoms with van der Waals surface area (Å²) in [5, 5.41) is 4.41. The summed E-state index contributed by atoms with van der Waals surface area (Å²) in [5.74, 6) is 1.32. The summed E-state index contributed by atoms with van der Waals surface area (Å²) in [6.07, 6.45) is 2.63. The molecule has 0 bridgehead atoms. The summed E-state index contributed by atoms with van der Waals surface area (Å²) in [4.78, 5) is 0. The zero-order valence-corrected chi connectivity index (χ0v) is 13.1. The predicted octanol–water partition coefficient (Wildman–Crippen LogP) is 4.76. The molecule has 0 radical (unpaired) electrons. The number of halogens is 1. The number of benzene rings is 1. The third-order valence-corrected chi connectivity index (χ3v) is 6.02. The maximum atomic E-state index is 3.70. The molecular weight excluding hydrogens is 294 g/mol. The lowest BCUT2D eigenvalue weighted by Gasteiger charge is -2.30. The van der Waals surface area contributed by atoms with Crippen molar-refractivity contribution in [2.45, 2.75) is 44.9 Å². The van der Waals surface area contributed by atoms with Gasteiger partial charge in [-0.05, 0) is 55.7 Å². The van der Waals surface area contributed by atoms with E-state index in [-0.39, 0.29) is 0 Å². The van der Waals surface area contributed by atoms with Gasteiger partial charge in [-0.15, -0.1) is 0 Å². The molecule has 0 amide bonds. The van der Waals surface area contributed by atoms with Gasteiger partial charge in [-0.1, -0.05) is 22.9 Å². The van der Waals surface area contributed by atoms with Crippen LogP contribution in [0.25, 0.3) is 0 Å². The molecule has 0 aromatic heterocycles. The molecule has 1 saturated heterocycles. The van der Waals surface area contributed by atoms with E-state index in [1.165, 1.54) is 39.9 Å². The molecule has 94 valence electrons. The van der Waals surface area contributed by atoms with Gasteiger partial charge in [0.05, 0.1) is 0 Å².